The van der Waals surface area contributed by atoms with Gasteiger partial charge in [0.05, 0.1) is 33.7 Å². The molecule has 0 aromatic heterocycles. The van der Waals surface area contributed by atoms with Crippen molar-refractivity contribution in [3.05, 3.63) is 66.4 Å². The number of rotatable bonds is 10. The van der Waals surface area contributed by atoms with E-state index in [-0.39, 0.29) is 0 Å². The van der Waals surface area contributed by atoms with Crippen LogP contribution in [0.2, 0.25) is 0 Å². The zero-order chi connectivity index (χ0) is 18.6. The summed E-state index contributed by atoms with van der Waals surface area (Å²) in [5.74, 6) is 1.01. The Morgan fingerprint density at radius 3 is 2.23 bits per heavy atom. The fraction of sp³-hybridized carbons (Fsp3) is 0.286. The quantitative estimate of drug-likeness (QED) is 0.278. The highest BCUT2D eigenvalue weighted by Gasteiger charge is 2.17. The summed E-state index contributed by atoms with van der Waals surface area (Å²) in [5.41, 5.74) is 0.958. The first-order valence-electron chi connectivity index (χ1n) is 8.47. The van der Waals surface area contributed by atoms with Crippen LogP contribution in [0.15, 0.2) is 60.9 Å². The molecule has 0 saturated carbocycles. The van der Waals surface area contributed by atoms with Gasteiger partial charge in [-0.05, 0) is 31.0 Å². The van der Waals surface area contributed by atoms with E-state index >= 15 is 0 Å². The molecular formula is C21H24O5. The Bertz CT molecular complexity index is 709. The van der Waals surface area contributed by atoms with E-state index in [1.54, 1.807) is 6.07 Å². The number of methoxy groups -OCH3 is 2. The van der Waals surface area contributed by atoms with Gasteiger partial charge >= 0.3 is 5.97 Å². The average Bonchev–Trinajstić information content (AvgIpc) is 2.69. The molecule has 0 aliphatic heterocycles. The highest BCUT2D eigenvalue weighted by atomic mass is 16.5. The molecule has 0 aliphatic carbocycles. The van der Waals surface area contributed by atoms with Gasteiger partial charge in [0.25, 0.3) is 0 Å². The Balaban J connectivity index is 1.86. The number of carbonyl (C=O) groups excluding carboxylic acids is 1. The molecule has 5 nitrogen and oxygen atoms in total. The molecular weight excluding hydrogens is 332 g/mol. The summed E-state index contributed by atoms with van der Waals surface area (Å²) in [7, 11) is 2.82. The molecule has 0 heterocycles. The molecule has 0 fully saturated rings. The number of ether oxygens (including phenoxy) is 4. The van der Waals surface area contributed by atoms with Crippen LogP contribution in [0.5, 0.6) is 11.5 Å². The van der Waals surface area contributed by atoms with Crippen LogP contribution in [0, 0.1) is 0 Å². The second kappa shape index (κ2) is 10.8. The van der Waals surface area contributed by atoms with Crippen LogP contribution in [0.25, 0.3) is 5.57 Å². The first-order valence-corrected chi connectivity index (χ1v) is 8.47. The van der Waals surface area contributed by atoms with E-state index in [1.807, 2.05) is 48.5 Å². The molecule has 2 aromatic rings. The van der Waals surface area contributed by atoms with Crippen LogP contribution >= 0.6 is 0 Å². The Hall–Kier alpha value is -2.95. The Morgan fingerprint density at radius 1 is 0.885 bits per heavy atom. The maximum absolute atomic E-state index is 12.0. The molecule has 0 saturated heterocycles. The SMILES string of the molecule is COC=C(C(=O)OC)c1ccccc1OCCCCOc1ccccc1. The molecule has 5 heteroatoms. The molecule has 0 unspecified atom stereocenters. The number of hydrogen-bond donors (Lipinski definition) is 0. The number of unbranched alkanes of at least 4 members (excludes halogenated alkanes) is 1. The minimum absolute atomic E-state index is 0.318. The van der Waals surface area contributed by atoms with Crippen molar-refractivity contribution >= 4 is 11.5 Å². The summed E-state index contributed by atoms with van der Waals surface area (Å²) in [6.45, 7) is 1.16. The van der Waals surface area contributed by atoms with E-state index < -0.39 is 5.97 Å². The minimum Gasteiger partial charge on any atom is -0.503 e. The minimum atomic E-state index is -0.473. The molecule has 0 bridgehead atoms. The number of esters is 1. The Kier molecular flexibility index (Phi) is 8.06. The molecule has 138 valence electrons. The lowest BCUT2D eigenvalue weighted by atomic mass is 10.1. The summed E-state index contributed by atoms with van der Waals surface area (Å²) in [6.07, 6.45) is 3.07. The lowest BCUT2D eigenvalue weighted by Gasteiger charge is -2.13. The van der Waals surface area contributed by atoms with E-state index in [0.29, 0.717) is 30.1 Å². The predicted octanol–water partition coefficient (Wildman–Crippen LogP) is 4.08. The van der Waals surface area contributed by atoms with Crippen molar-refractivity contribution in [2.24, 2.45) is 0 Å². The van der Waals surface area contributed by atoms with Crippen LogP contribution in [-0.2, 0) is 14.3 Å². The fourth-order valence-electron chi connectivity index (χ4n) is 2.36. The van der Waals surface area contributed by atoms with Gasteiger partial charge in [0.15, 0.2) is 0 Å². The van der Waals surface area contributed by atoms with Gasteiger partial charge in [-0.25, -0.2) is 4.79 Å². The predicted molar refractivity (Wildman–Crippen MR) is 100 cm³/mol. The normalized spacial score (nSPS) is 10.9. The molecule has 26 heavy (non-hydrogen) atoms. The summed E-state index contributed by atoms with van der Waals surface area (Å²) in [5, 5.41) is 0. The van der Waals surface area contributed by atoms with Gasteiger partial charge in [-0.15, -0.1) is 0 Å². The summed E-state index contributed by atoms with van der Waals surface area (Å²) < 4.78 is 21.3. The van der Waals surface area contributed by atoms with Crippen LogP contribution in [-0.4, -0.2) is 33.4 Å². The Morgan fingerprint density at radius 2 is 1.54 bits per heavy atom. The van der Waals surface area contributed by atoms with Crippen molar-refractivity contribution in [3.8, 4) is 11.5 Å². The number of para-hydroxylation sites is 2. The highest BCUT2D eigenvalue weighted by Crippen LogP contribution is 2.27. The van der Waals surface area contributed by atoms with Gasteiger partial charge < -0.3 is 18.9 Å². The number of hydrogen-bond acceptors (Lipinski definition) is 5. The first kappa shape index (κ1) is 19.4. The zero-order valence-corrected chi connectivity index (χ0v) is 15.1. The molecule has 0 atom stereocenters. The standard InChI is InChI=1S/C21H24O5/c1-23-16-19(21(22)24-2)18-12-6-7-13-20(18)26-15-9-8-14-25-17-10-4-3-5-11-17/h3-7,10-13,16H,8-9,14-15H2,1-2H3. The maximum atomic E-state index is 12.0. The topological polar surface area (TPSA) is 54.0 Å². The van der Waals surface area contributed by atoms with Gasteiger partial charge in [0, 0.05) is 5.56 Å². The summed E-state index contributed by atoms with van der Waals surface area (Å²) in [6, 6.07) is 17.0. The van der Waals surface area contributed by atoms with E-state index in [2.05, 4.69) is 0 Å². The first-order chi connectivity index (χ1) is 12.8. The maximum Gasteiger partial charge on any atom is 0.341 e. The van der Waals surface area contributed by atoms with Gasteiger partial charge in [-0.1, -0.05) is 36.4 Å². The van der Waals surface area contributed by atoms with Gasteiger partial charge in [0.1, 0.15) is 17.1 Å². The van der Waals surface area contributed by atoms with E-state index in [0.717, 1.165) is 18.6 Å². The lowest BCUT2D eigenvalue weighted by molar-refractivity contribution is -0.133. The number of benzene rings is 2. The third-order valence-corrected chi connectivity index (χ3v) is 3.63. The molecule has 2 aromatic carbocycles. The van der Waals surface area contributed by atoms with Crippen molar-refractivity contribution in [3.63, 3.8) is 0 Å². The van der Waals surface area contributed by atoms with Gasteiger partial charge in [-0.2, -0.15) is 0 Å². The zero-order valence-electron chi connectivity index (χ0n) is 15.1. The highest BCUT2D eigenvalue weighted by molar-refractivity contribution is 6.16. The van der Waals surface area contributed by atoms with Gasteiger partial charge in [0.2, 0.25) is 0 Å². The van der Waals surface area contributed by atoms with Gasteiger partial charge in [-0.3, -0.25) is 0 Å². The van der Waals surface area contributed by atoms with Crippen molar-refractivity contribution in [1.29, 1.82) is 0 Å². The van der Waals surface area contributed by atoms with E-state index in [4.69, 9.17) is 18.9 Å². The third kappa shape index (κ3) is 5.84. The molecule has 0 N–H and O–H groups in total. The van der Waals surface area contributed by atoms with E-state index in [1.165, 1.54) is 20.5 Å². The van der Waals surface area contributed by atoms with E-state index in [9.17, 15) is 4.79 Å². The molecule has 0 spiro atoms. The smallest absolute Gasteiger partial charge is 0.341 e. The summed E-state index contributed by atoms with van der Waals surface area (Å²) >= 11 is 0. The monoisotopic (exact) mass is 356 g/mol. The second-order valence-corrected chi connectivity index (χ2v) is 5.47. The van der Waals surface area contributed by atoms with Crippen LogP contribution in [0.3, 0.4) is 0 Å². The molecule has 0 amide bonds. The van der Waals surface area contributed by atoms with Crippen LogP contribution < -0.4 is 9.47 Å². The second-order valence-electron chi connectivity index (χ2n) is 5.47. The number of carbonyl (C=O) groups is 1. The van der Waals surface area contributed by atoms with Crippen LogP contribution in [0.4, 0.5) is 0 Å². The summed E-state index contributed by atoms with van der Waals surface area (Å²) in [4.78, 5) is 12.0. The average molecular weight is 356 g/mol. The van der Waals surface area contributed by atoms with Crippen molar-refractivity contribution in [2.45, 2.75) is 12.8 Å². The molecule has 2 rings (SSSR count). The molecule has 0 radical (unpaired) electrons. The van der Waals surface area contributed by atoms with Crippen molar-refractivity contribution < 1.29 is 23.7 Å². The van der Waals surface area contributed by atoms with Crippen LogP contribution in [0.1, 0.15) is 18.4 Å². The van der Waals surface area contributed by atoms with Crippen molar-refractivity contribution in [2.75, 3.05) is 27.4 Å². The largest absolute Gasteiger partial charge is 0.503 e. The molecule has 0 aliphatic rings. The van der Waals surface area contributed by atoms with Crippen molar-refractivity contribution in [1.82, 2.24) is 0 Å². The Labute approximate surface area is 154 Å². The fourth-order valence-corrected chi connectivity index (χ4v) is 2.36. The lowest BCUT2D eigenvalue weighted by Crippen LogP contribution is -2.08. The third-order valence-electron chi connectivity index (χ3n) is 3.63.